The highest BCUT2D eigenvalue weighted by atomic mass is 19.4. The first kappa shape index (κ1) is 10.7. The van der Waals surface area contributed by atoms with E-state index in [0.29, 0.717) is 11.1 Å². The van der Waals surface area contributed by atoms with E-state index in [9.17, 15) is 13.2 Å². The number of hydrogen-bond donors (Lipinski definition) is 1. The van der Waals surface area contributed by atoms with Gasteiger partial charge in [-0.2, -0.15) is 18.3 Å². The minimum Gasteiger partial charge on any atom is -0.383 e. The summed E-state index contributed by atoms with van der Waals surface area (Å²) in [5.74, 6) is -1.46. The highest BCUT2D eigenvalue weighted by molar-refractivity contribution is 5.88. The van der Waals surface area contributed by atoms with Crippen LogP contribution in [0.3, 0.4) is 0 Å². The molecule has 2 aromatic rings. The number of halogens is 3. The van der Waals surface area contributed by atoms with Crippen LogP contribution in [0.25, 0.3) is 11.0 Å². The minimum atomic E-state index is -4.61. The predicted molar refractivity (Wildman–Crippen MR) is 50.5 cm³/mol. The third-order valence-corrected chi connectivity index (χ3v) is 2.14. The summed E-state index contributed by atoms with van der Waals surface area (Å²) >= 11 is 0. The van der Waals surface area contributed by atoms with Gasteiger partial charge in [-0.1, -0.05) is 0 Å². The summed E-state index contributed by atoms with van der Waals surface area (Å²) in [6, 6.07) is 0. The van der Waals surface area contributed by atoms with Gasteiger partial charge in [-0.3, -0.25) is 4.68 Å². The van der Waals surface area contributed by atoms with Gasteiger partial charge in [0.15, 0.2) is 5.65 Å². The maximum atomic E-state index is 12.4. The van der Waals surface area contributed by atoms with Crippen molar-refractivity contribution < 1.29 is 13.2 Å². The average Bonchev–Trinajstić information content (AvgIpc) is 2.41. The molecule has 8 heteroatoms. The molecule has 0 atom stereocenters. The van der Waals surface area contributed by atoms with Crippen molar-refractivity contribution in [2.45, 2.75) is 13.1 Å². The van der Waals surface area contributed by atoms with Gasteiger partial charge in [-0.15, -0.1) is 0 Å². The smallest absolute Gasteiger partial charge is 0.383 e. The van der Waals surface area contributed by atoms with Crippen LogP contribution in [0.15, 0.2) is 0 Å². The molecule has 0 unspecified atom stereocenters. The summed E-state index contributed by atoms with van der Waals surface area (Å²) in [5, 5.41) is 4.30. The van der Waals surface area contributed by atoms with Gasteiger partial charge in [0, 0.05) is 7.05 Å². The van der Waals surface area contributed by atoms with Gasteiger partial charge in [0.2, 0.25) is 5.82 Å². The number of fused-ring (bicyclic) bond motifs is 1. The van der Waals surface area contributed by atoms with Gasteiger partial charge >= 0.3 is 6.18 Å². The van der Waals surface area contributed by atoms with Gasteiger partial charge in [-0.25, -0.2) is 9.97 Å². The zero-order chi connectivity index (χ0) is 12.1. The quantitative estimate of drug-likeness (QED) is 0.741. The first-order valence-corrected chi connectivity index (χ1v) is 4.34. The first-order chi connectivity index (χ1) is 7.30. The number of aromatic nitrogens is 4. The standard InChI is InChI=1S/C8H8F3N5/c1-3-4-5(12)13-7(8(9,10)11)14-6(4)16(2)15-3/h1-2H3,(H2,12,13,14). The van der Waals surface area contributed by atoms with Crippen molar-refractivity contribution in [2.75, 3.05) is 5.73 Å². The largest absolute Gasteiger partial charge is 0.451 e. The molecule has 0 fully saturated rings. The number of hydrogen-bond acceptors (Lipinski definition) is 4. The van der Waals surface area contributed by atoms with Crippen molar-refractivity contribution in [1.82, 2.24) is 19.7 Å². The lowest BCUT2D eigenvalue weighted by Gasteiger charge is -2.06. The second-order valence-electron chi connectivity index (χ2n) is 3.34. The van der Waals surface area contributed by atoms with Gasteiger partial charge in [0.1, 0.15) is 5.82 Å². The lowest BCUT2D eigenvalue weighted by atomic mass is 10.3. The van der Waals surface area contributed by atoms with Gasteiger partial charge < -0.3 is 5.73 Å². The second kappa shape index (κ2) is 3.06. The molecule has 0 saturated carbocycles. The number of aryl methyl sites for hydroxylation is 2. The van der Waals surface area contributed by atoms with Crippen LogP contribution in [0.2, 0.25) is 0 Å². The highest BCUT2D eigenvalue weighted by Crippen LogP contribution is 2.29. The molecule has 2 rings (SSSR count). The highest BCUT2D eigenvalue weighted by Gasteiger charge is 2.36. The van der Waals surface area contributed by atoms with Gasteiger partial charge in [0.05, 0.1) is 11.1 Å². The molecule has 2 aromatic heterocycles. The number of nitrogen functional groups attached to an aromatic ring is 1. The Morgan fingerprint density at radius 2 is 1.88 bits per heavy atom. The van der Waals surface area contributed by atoms with Crippen molar-refractivity contribution >= 4 is 16.9 Å². The molecular weight excluding hydrogens is 223 g/mol. The molecule has 0 bridgehead atoms. The normalized spacial score (nSPS) is 12.3. The topological polar surface area (TPSA) is 69.6 Å². The van der Waals surface area contributed by atoms with Crippen LogP contribution >= 0.6 is 0 Å². The monoisotopic (exact) mass is 231 g/mol. The molecule has 5 nitrogen and oxygen atoms in total. The van der Waals surface area contributed by atoms with Crippen LogP contribution in [0.4, 0.5) is 19.0 Å². The lowest BCUT2D eigenvalue weighted by Crippen LogP contribution is -2.13. The molecule has 0 spiro atoms. The Labute approximate surface area is 88.1 Å². The number of nitrogens with two attached hydrogens (primary N) is 1. The summed E-state index contributed by atoms with van der Waals surface area (Å²) in [7, 11) is 1.50. The van der Waals surface area contributed by atoms with E-state index >= 15 is 0 Å². The molecule has 16 heavy (non-hydrogen) atoms. The van der Waals surface area contributed by atoms with E-state index < -0.39 is 12.0 Å². The molecule has 0 aromatic carbocycles. The van der Waals surface area contributed by atoms with Gasteiger partial charge in [-0.05, 0) is 6.92 Å². The summed E-state index contributed by atoms with van der Waals surface area (Å²) < 4.78 is 38.5. The molecule has 0 radical (unpaired) electrons. The Bertz CT molecular complexity index is 557. The van der Waals surface area contributed by atoms with Crippen LogP contribution in [0.1, 0.15) is 11.5 Å². The van der Waals surface area contributed by atoms with Crippen molar-refractivity contribution in [3.8, 4) is 0 Å². The molecule has 2 N–H and O–H groups in total. The number of rotatable bonds is 0. The number of nitrogens with zero attached hydrogens (tertiary/aromatic N) is 4. The van der Waals surface area contributed by atoms with E-state index in [1.807, 2.05) is 0 Å². The molecule has 0 aliphatic heterocycles. The third kappa shape index (κ3) is 1.46. The first-order valence-electron chi connectivity index (χ1n) is 4.34. The maximum absolute atomic E-state index is 12.4. The van der Waals surface area contributed by atoms with E-state index in [1.54, 1.807) is 6.92 Å². The summed E-state index contributed by atoms with van der Waals surface area (Å²) in [5.41, 5.74) is 6.05. The molecule has 0 aliphatic rings. The summed E-state index contributed by atoms with van der Waals surface area (Å²) in [4.78, 5) is 6.65. The molecule has 0 saturated heterocycles. The van der Waals surface area contributed by atoms with Crippen molar-refractivity contribution in [2.24, 2.45) is 7.05 Å². The Morgan fingerprint density at radius 1 is 1.25 bits per heavy atom. The summed E-state index contributed by atoms with van der Waals surface area (Å²) in [6.45, 7) is 1.63. The molecule has 0 amide bonds. The zero-order valence-corrected chi connectivity index (χ0v) is 8.50. The Kier molecular flexibility index (Phi) is 2.04. The van der Waals surface area contributed by atoms with E-state index in [2.05, 4.69) is 15.1 Å². The van der Waals surface area contributed by atoms with Crippen LogP contribution in [0.5, 0.6) is 0 Å². The van der Waals surface area contributed by atoms with Crippen molar-refractivity contribution in [3.05, 3.63) is 11.5 Å². The van der Waals surface area contributed by atoms with Crippen LogP contribution < -0.4 is 5.73 Å². The average molecular weight is 231 g/mol. The van der Waals surface area contributed by atoms with E-state index in [1.165, 1.54) is 11.7 Å². The molecule has 2 heterocycles. The molecular formula is C8H8F3N5. The lowest BCUT2D eigenvalue weighted by molar-refractivity contribution is -0.144. The van der Waals surface area contributed by atoms with E-state index in [4.69, 9.17) is 5.73 Å². The summed E-state index contributed by atoms with van der Waals surface area (Å²) in [6.07, 6.45) is -4.61. The van der Waals surface area contributed by atoms with Crippen molar-refractivity contribution in [3.63, 3.8) is 0 Å². The predicted octanol–water partition coefficient (Wildman–Crippen LogP) is 1.27. The molecule has 86 valence electrons. The van der Waals surface area contributed by atoms with Gasteiger partial charge in [0.25, 0.3) is 0 Å². The molecule has 0 aliphatic carbocycles. The second-order valence-corrected chi connectivity index (χ2v) is 3.34. The number of anilines is 1. The van der Waals surface area contributed by atoms with E-state index in [-0.39, 0.29) is 11.5 Å². The Morgan fingerprint density at radius 3 is 2.44 bits per heavy atom. The maximum Gasteiger partial charge on any atom is 0.451 e. The minimum absolute atomic E-state index is 0.0809. The Balaban J connectivity index is 2.82. The van der Waals surface area contributed by atoms with Crippen LogP contribution in [0, 0.1) is 6.92 Å². The number of alkyl halides is 3. The fourth-order valence-electron chi connectivity index (χ4n) is 1.50. The fraction of sp³-hybridized carbons (Fsp3) is 0.375. The third-order valence-electron chi connectivity index (χ3n) is 2.14. The van der Waals surface area contributed by atoms with Crippen LogP contribution in [-0.4, -0.2) is 19.7 Å². The van der Waals surface area contributed by atoms with E-state index in [0.717, 1.165) is 0 Å². The zero-order valence-electron chi connectivity index (χ0n) is 8.50. The fourth-order valence-corrected chi connectivity index (χ4v) is 1.50. The van der Waals surface area contributed by atoms with Crippen LogP contribution in [-0.2, 0) is 13.2 Å². The Hall–Kier alpha value is -1.86. The SMILES string of the molecule is Cc1nn(C)c2nc(C(F)(F)F)nc(N)c12. The van der Waals surface area contributed by atoms with Crippen molar-refractivity contribution in [1.29, 1.82) is 0 Å².